The van der Waals surface area contributed by atoms with Crippen LogP contribution in [0, 0.1) is 5.92 Å². The lowest BCUT2D eigenvalue weighted by Crippen LogP contribution is -2.48. The normalized spacial score (nSPS) is 18.9. The predicted octanol–water partition coefficient (Wildman–Crippen LogP) is 1.87. The number of benzene rings is 1. The third kappa shape index (κ3) is 5.28. The highest BCUT2D eigenvalue weighted by molar-refractivity contribution is 7.91. The first-order valence-electron chi connectivity index (χ1n) is 8.79. The van der Waals surface area contributed by atoms with Crippen molar-refractivity contribution in [1.29, 1.82) is 0 Å². The highest BCUT2D eigenvalue weighted by Crippen LogP contribution is 2.19. The van der Waals surface area contributed by atoms with Crippen LogP contribution >= 0.6 is 0 Å². The summed E-state index contributed by atoms with van der Waals surface area (Å²) >= 11 is 0. The molecule has 1 aromatic carbocycles. The maximum atomic E-state index is 12.4. The second kappa shape index (κ2) is 9.14. The molecule has 0 spiro atoms. The molecule has 2 unspecified atom stereocenters. The molecule has 0 bridgehead atoms. The summed E-state index contributed by atoms with van der Waals surface area (Å²) < 4.78 is 29.6. The number of aliphatic carboxylic acids is 1. The molecule has 26 heavy (non-hydrogen) atoms. The molecule has 1 aromatic rings. The van der Waals surface area contributed by atoms with Crippen LogP contribution in [0.25, 0.3) is 0 Å². The molecule has 8 heteroatoms. The lowest BCUT2D eigenvalue weighted by molar-refractivity contribution is -0.142. The van der Waals surface area contributed by atoms with E-state index in [1.54, 1.807) is 0 Å². The molecule has 1 fully saturated rings. The highest BCUT2D eigenvalue weighted by atomic mass is 32.2. The number of carbonyl (C=O) groups excluding carboxylic acids is 1. The topological polar surface area (TPSA) is 110 Å². The summed E-state index contributed by atoms with van der Waals surface area (Å²) in [6.45, 7) is 2.82. The van der Waals surface area contributed by atoms with E-state index in [-0.39, 0.29) is 22.1 Å². The lowest BCUT2D eigenvalue weighted by atomic mass is 9.93. The van der Waals surface area contributed by atoms with Crippen LogP contribution in [0.5, 0.6) is 0 Å². The quantitative estimate of drug-likeness (QED) is 0.709. The molecule has 1 amide bonds. The Balaban J connectivity index is 2.07. The largest absolute Gasteiger partial charge is 0.480 e. The molecule has 0 saturated carbocycles. The maximum Gasteiger partial charge on any atom is 0.326 e. The van der Waals surface area contributed by atoms with Crippen molar-refractivity contribution in [2.75, 3.05) is 19.0 Å². The van der Waals surface area contributed by atoms with E-state index in [4.69, 9.17) is 4.74 Å². The van der Waals surface area contributed by atoms with Gasteiger partial charge in [0.25, 0.3) is 5.91 Å². The van der Waals surface area contributed by atoms with Gasteiger partial charge in [-0.15, -0.1) is 0 Å². The fourth-order valence-corrected chi connectivity index (χ4v) is 4.36. The summed E-state index contributed by atoms with van der Waals surface area (Å²) in [6.07, 6.45) is 2.79. The molecule has 0 aromatic heterocycles. The Morgan fingerprint density at radius 1 is 1.31 bits per heavy atom. The van der Waals surface area contributed by atoms with Crippen LogP contribution in [-0.2, 0) is 19.4 Å². The molecule has 1 heterocycles. The van der Waals surface area contributed by atoms with E-state index >= 15 is 0 Å². The number of ether oxygens (including phenoxy) is 1. The fraction of sp³-hybridized carbons (Fsp3) is 0.556. The zero-order valence-corrected chi connectivity index (χ0v) is 15.6. The van der Waals surface area contributed by atoms with Gasteiger partial charge < -0.3 is 15.2 Å². The van der Waals surface area contributed by atoms with Gasteiger partial charge in [-0.1, -0.05) is 13.3 Å². The molecule has 1 saturated heterocycles. The number of hydrogen-bond donors (Lipinski definition) is 2. The van der Waals surface area contributed by atoms with Gasteiger partial charge in [0, 0.05) is 18.1 Å². The molecule has 2 atom stereocenters. The number of carbonyl (C=O) groups is 2. The van der Waals surface area contributed by atoms with Crippen molar-refractivity contribution in [2.45, 2.75) is 43.5 Å². The first-order valence-corrected chi connectivity index (χ1v) is 10.4. The summed E-state index contributed by atoms with van der Waals surface area (Å²) in [4.78, 5) is 24.0. The summed E-state index contributed by atoms with van der Waals surface area (Å²) in [7, 11) is -3.36. The molecule has 7 nitrogen and oxygen atoms in total. The SMILES string of the molecule is CCCCS(=O)(=O)c1ccc(C(=O)NC(C(=O)O)C2CCCOC2)cc1. The molecule has 0 aliphatic carbocycles. The fourth-order valence-electron chi connectivity index (χ4n) is 2.90. The van der Waals surface area contributed by atoms with Crippen molar-refractivity contribution < 1.29 is 27.9 Å². The minimum atomic E-state index is -3.36. The Morgan fingerprint density at radius 2 is 2.00 bits per heavy atom. The summed E-state index contributed by atoms with van der Waals surface area (Å²) in [5.41, 5.74) is 0.224. The van der Waals surface area contributed by atoms with Crippen LogP contribution in [-0.4, -0.2) is 50.4 Å². The van der Waals surface area contributed by atoms with Crippen LogP contribution < -0.4 is 5.32 Å². The van der Waals surface area contributed by atoms with Gasteiger partial charge in [-0.25, -0.2) is 13.2 Å². The molecule has 1 aliphatic rings. The van der Waals surface area contributed by atoms with E-state index in [1.165, 1.54) is 24.3 Å². The molecule has 2 rings (SSSR count). The minimum Gasteiger partial charge on any atom is -0.480 e. The number of rotatable bonds is 8. The van der Waals surface area contributed by atoms with Crippen LogP contribution in [0.4, 0.5) is 0 Å². The van der Waals surface area contributed by atoms with Crippen molar-refractivity contribution in [3.63, 3.8) is 0 Å². The van der Waals surface area contributed by atoms with Crippen molar-refractivity contribution >= 4 is 21.7 Å². The predicted molar refractivity (Wildman–Crippen MR) is 95.8 cm³/mol. The maximum absolute atomic E-state index is 12.4. The second-order valence-electron chi connectivity index (χ2n) is 6.46. The van der Waals surface area contributed by atoms with E-state index < -0.39 is 27.8 Å². The van der Waals surface area contributed by atoms with Gasteiger partial charge in [0.15, 0.2) is 9.84 Å². The van der Waals surface area contributed by atoms with Gasteiger partial charge in [-0.3, -0.25) is 4.79 Å². The van der Waals surface area contributed by atoms with Crippen molar-refractivity contribution in [3.8, 4) is 0 Å². The Morgan fingerprint density at radius 3 is 2.54 bits per heavy atom. The second-order valence-corrected chi connectivity index (χ2v) is 8.57. The first kappa shape index (κ1) is 20.4. The number of carboxylic acid groups (broad SMARTS) is 1. The standard InChI is InChI=1S/C18H25NO6S/c1-2-3-11-26(23,24)15-8-6-13(7-9-15)17(20)19-16(18(21)22)14-5-4-10-25-12-14/h6-9,14,16H,2-5,10-12H2,1H3,(H,19,20)(H,21,22). The van der Waals surface area contributed by atoms with Crippen LogP contribution in [0.2, 0.25) is 0 Å². The molecular formula is C18H25NO6S. The average Bonchev–Trinajstić information content (AvgIpc) is 2.65. The third-order valence-corrected chi connectivity index (χ3v) is 6.28. The first-order chi connectivity index (χ1) is 12.3. The number of nitrogens with one attached hydrogen (secondary N) is 1. The van der Waals surface area contributed by atoms with Gasteiger partial charge in [0.05, 0.1) is 17.3 Å². The zero-order chi connectivity index (χ0) is 19.2. The molecule has 2 N–H and O–H groups in total. The number of sulfone groups is 1. The number of amides is 1. The van der Waals surface area contributed by atoms with Gasteiger partial charge >= 0.3 is 5.97 Å². The average molecular weight is 383 g/mol. The Hall–Kier alpha value is -1.93. The van der Waals surface area contributed by atoms with Crippen LogP contribution in [0.15, 0.2) is 29.2 Å². The smallest absolute Gasteiger partial charge is 0.326 e. The van der Waals surface area contributed by atoms with E-state index in [0.29, 0.717) is 26.1 Å². The zero-order valence-electron chi connectivity index (χ0n) is 14.8. The number of unbranched alkanes of at least 4 members (excludes halogenated alkanes) is 1. The molecule has 0 radical (unpaired) electrons. The molecular weight excluding hydrogens is 358 g/mol. The van der Waals surface area contributed by atoms with Crippen molar-refractivity contribution in [2.24, 2.45) is 5.92 Å². The van der Waals surface area contributed by atoms with Gasteiger partial charge in [0.2, 0.25) is 0 Å². The molecule has 1 aliphatic heterocycles. The van der Waals surface area contributed by atoms with Crippen molar-refractivity contribution in [3.05, 3.63) is 29.8 Å². The summed E-state index contributed by atoms with van der Waals surface area (Å²) in [5.74, 6) is -1.86. The Bertz CT molecular complexity index is 723. The third-order valence-electron chi connectivity index (χ3n) is 4.46. The summed E-state index contributed by atoms with van der Waals surface area (Å²) in [6, 6.07) is 4.56. The van der Waals surface area contributed by atoms with Gasteiger partial charge in [-0.2, -0.15) is 0 Å². The highest BCUT2D eigenvalue weighted by Gasteiger charge is 2.31. The Kier molecular flexibility index (Phi) is 7.16. The number of carboxylic acids is 1. The van der Waals surface area contributed by atoms with Crippen LogP contribution in [0.1, 0.15) is 43.0 Å². The van der Waals surface area contributed by atoms with E-state index in [2.05, 4.69) is 5.32 Å². The van der Waals surface area contributed by atoms with Crippen molar-refractivity contribution in [1.82, 2.24) is 5.32 Å². The summed E-state index contributed by atoms with van der Waals surface area (Å²) in [5, 5.41) is 11.9. The van der Waals surface area contributed by atoms with Gasteiger partial charge in [0.1, 0.15) is 6.04 Å². The monoisotopic (exact) mass is 383 g/mol. The van der Waals surface area contributed by atoms with E-state index in [0.717, 1.165) is 12.8 Å². The lowest BCUT2D eigenvalue weighted by Gasteiger charge is -2.28. The van der Waals surface area contributed by atoms with E-state index in [9.17, 15) is 23.1 Å². The van der Waals surface area contributed by atoms with Crippen LogP contribution in [0.3, 0.4) is 0 Å². The minimum absolute atomic E-state index is 0.0673. The number of hydrogen-bond acceptors (Lipinski definition) is 5. The van der Waals surface area contributed by atoms with Gasteiger partial charge in [-0.05, 0) is 43.5 Å². The molecule has 144 valence electrons. The van der Waals surface area contributed by atoms with E-state index in [1.807, 2.05) is 6.92 Å². The Labute approximate surface area is 153 Å².